The van der Waals surface area contributed by atoms with Crippen LogP contribution in [0.15, 0.2) is 54.6 Å². The lowest BCUT2D eigenvalue weighted by Gasteiger charge is -2.28. The van der Waals surface area contributed by atoms with Gasteiger partial charge in [0.1, 0.15) is 5.57 Å². The SMILES string of the molecule is C=C(C(=O)Nc1cc(C2=CC(c3cc(Cl)cc(Cl)c3)(C(F)(F)F)ON2)ccc1C)C(F)(F)F. The van der Waals surface area contributed by atoms with E-state index in [0.717, 1.165) is 18.2 Å². The maximum absolute atomic E-state index is 14.1. The third kappa shape index (κ3) is 4.97. The number of benzene rings is 2. The van der Waals surface area contributed by atoms with E-state index in [-0.39, 0.29) is 27.0 Å². The highest BCUT2D eigenvalue weighted by molar-refractivity contribution is 6.34. The molecule has 0 saturated carbocycles. The van der Waals surface area contributed by atoms with Gasteiger partial charge in [0.15, 0.2) is 0 Å². The Morgan fingerprint density at radius 1 is 1.06 bits per heavy atom. The van der Waals surface area contributed by atoms with Crippen LogP contribution in [0.4, 0.5) is 32.0 Å². The smallest absolute Gasteiger partial charge is 0.322 e. The molecule has 176 valence electrons. The molecule has 1 atom stereocenters. The van der Waals surface area contributed by atoms with Crippen LogP contribution in [0.25, 0.3) is 5.70 Å². The van der Waals surface area contributed by atoms with Crippen molar-refractivity contribution in [3.63, 3.8) is 0 Å². The van der Waals surface area contributed by atoms with Crippen molar-refractivity contribution in [2.24, 2.45) is 0 Å². The molecule has 1 aliphatic heterocycles. The molecular formula is C21H14Cl2F6N2O2. The number of carbonyl (C=O) groups is 1. The average molecular weight is 511 g/mol. The van der Waals surface area contributed by atoms with Gasteiger partial charge in [0.25, 0.3) is 5.91 Å². The number of aryl methyl sites for hydroxylation is 1. The Kier molecular flexibility index (Phi) is 6.49. The van der Waals surface area contributed by atoms with Crippen LogP contribution in [0.3, 0.4) is 0 Å². The van der Waals surface area contributed by atoms with Gasteiger partial charge in [-0.05, 0) is 42.8 Å². The lowest BCUT2D eigenvalue weighted by Crippen LogP contribution is -2.42. The second kappa shape index (κ2) is 8.58. The maximum atomic E-state index is 14.1. The second-order valence-electron chi connectivity index (χ2n) is 7.11. The molecule has 0 saturated heterocycles. The van der Waals surface area contributed by atoms with Gasteiger partial charge in [-0.15, -0.1) is 0 Å². The molecule has 0 spiro atoms. The van der Waals surface area contributed by atoms with Gasteiger partial charge in [-0.2, -0.15) is 26.3 Å². The molecular weight excluding hydrogens is 497 g/mol. The molecule has 1 unspecified atom stereocenters. The molecule has 4 nitrogen and oxygen atoms in total. The van der Waals surface area contributed by atoms with Crippen molar-refractivity contribution in [3.8, 4) is 0 Å². The van der Waals surface area contributed by atoms with E-state index >= 15 is 0 Å². The van der Waals surface area contributed by atoms with E-state index in [4.69, 9.17) is 28.0 Å². The fourth-order valence-corrected chi connectivity index (χ4v) is 3.53. The van der Waals surface area contributed by atoms with E-state index in [9.17, 15) is 31.1 Å². The number of nitrogens with one attached hydrogen (secondary N) is 2. The van der Waals surface area contributed by atoms with Gasteiger partial charge in [-0.1, -0.05) is 41.9 Å². The predicted octanol–water partition coefficient (Wildman–Crippen LogP) is 6.69. The number of hydroxylamine groups is 1. The largest absolute Gasteiger partial charge is 0.428 e. The van der Waals surface area contributed by atoms with E-state index < -0.39 is 35.0 Å². The first-order chi connectivity index (χ1) is 15.1. The summed E-state index contributed by atoms with van der Waals surface area (Å²) in [6.45, 7) is 4.21. The summed E-state index contributed by atoms with van der Waals surface area (Å²) in [6.07, 6.45) is -9.13. The summed E-state index contributed by atoms with van der Waals surface area (Å²) in [4.78, 5) is 16.8. The number of hydrogen-bond acceptors (Lipinski definition) is 3. The van der Waals surface area contributed by atoms with Crippen LogP contribution in [0.2, 0.25) is 10.0 Å². The zero-order valence-corrected chi connectivity index (χ0v) is 18.1. The molecule has 3 rings (SSSR count). The summed E-state index contributed by atoms with van der Waals surface area (Å²) in [5, 5.41) is 1.98. The number of hydrogen-bond donors (Lipinski definition) is 2. The lowest BCUT2D eigenvalue weighted by atomic mass is 9.91. The van der Waals surface area contributed by atoms with Crippen LogP contribution < -0.4 is 10.8 Å². The summed E-state index contributed by atoms with van der Waals surface area (Å²) < 4.78 is 80.5. The van der Waals surface area contributed by atoms with Crippen LogP contribution in [-0.2, 0) is 15.2 Å². The number of carbonyl (C=O) groups excluding carboxylic acids is 1. The first kappa shape index (κ1) is 24.9. The van der Waals surface area contributed by atoms with Crippen LogP contribution >= 0.6 is 23.2 Å². The van der Waals surface area contributed by atoms with Gasteiger partial charge < -0.3 is 5.32 Å². The molecule has 0 fully saturated rings. The maximum Gasteiger partial charge on any atom is 0.428 e. The van der Waals surface area contributed by atoms with E-state index in [0.29, 0.717) is 5.56 Å². The molecule has 0 aliphatic carbocycles. The molecule has 1 aliphatic rings. The molecule has 2 N–H and O–H groups in total. The van der Waals surface area contributed by atoms with E-state index in [1.165, 1.54) is 31.2 Å². The van der Waals surface area contributed by atoms with Crippen molar-refractivity contribution in [2.75, 3.05) is 5.32 Å². The van der Waals surface area contributed by atoms with Crippen LogP contribution in [0.5, 0.6) is 0 Å². The normalized spacial score (nSPS) is 18.5. The van der Waals surface area contributed by atoms with E-state index in [1.807, 2.05) is 0 Å². The predicted molar refractivity (Wildman–Crippen MR) is 111 cm³/mol. The van der Waals surface area contributed by atoms with Crippen LogP contribution in [-0.4, -0.2) is 18.3 Å². The van der Waals surface area contributed by atoms with E-state index in [2.05, 4.69) is 17.4 Å². The minimum Gasteiger partial charge on any atom is -0.322 e. The standard InChI is InChI=1S/C21H14Cl2F6N2O2/c1-10-3-4-12(5-16(10)30-18(32)11(2)20(24,25)26)17-9-19(33-31-17,21(27,28)29)13-6-14(22)8-15(23)7-13/h3-9,31H,2H2,1H3,(H,30,32). The summed E-state index contributed by atoms with van der Waals surface area (Å²) in [5.74, 6) is -1.49. The molecule has 0 bridgehead atoms. The first-order valence-corrected chi connectivity index (χ1v) is 9.78. The number of amides is 1. The highest BCUT2D eigenvalue weighted by atomic mass is 35.5. The summed E-state index contributed by atoms with van der Waals surface area (Å²) in [6, 6.07) is 7.37. The first-order valence-electron chi connectivity index (χ1n) is 9.03. The Morgan fingerprint density at radius 2 is 1.67 bits per heavy atom. The monoisotopic (exact) mass is 510 g/mol. The van der Waals surface area contributed by atoms with Crippen molar-refractivity contribution in [2.45, 2.75) is 24.9 Å². The Balaban J connectivity index is 2.02. The number of rotatable bonds is 4. The van der Waals surface area contributed by atoms with E-state index in [1.54, 1.807) is 0 Å². The van der Waals surface area contributed by atoms with Crippen molar-refractivity contribution < 1.29 is 36.0 Å². The number of anilines is 1. The molecule has 2 aromatic carbocycles. The fraction of sp³-hybridized carbons (Fsp3) is 0.190. The minimum atomic E-state index is -4.94. The van der Waals surface area contributed by atoms with Crippen LogP contribution in [0.1, 0.15) is 16.7 Å². The van der Waals surface area contributed by atoms with Gasteiger partial charge in [0, 0.05) is 26.9 Å². The molecule has 1 heterocycles. The summed E-state index contributed by atoms with van der Waals surface area (Å²) in [5.41, 5.74) is -2.49. The van der Waals surface area contributed by atoms with Crippen molar-refractivity contribution >= 4 is 40.5 Å². The minimum absolute atomic E-state index is 0.0446. The number of alkyl halides is 6. The topological polar surface area (TPSA) is 50.4 Å². The van der Waals surface area contributed by atoms with Crippen LogP contribution in [0, 0.1) is 6.92 Å². The molecule has 2 aromatic rings. The summed E-state index contributed by atoms with van der Waals surface area (Å²) >= 11 is 11.7. The zero-order chi connectivity index (χ0) is 24.8. The Morgan fingerprint density at radius 3 is 2.21 bits per heavy atom. The van der Waals surface area contributed by atoms with Crippen molar-refractivity contribution in [3.05, 3.63) is 81.4 Å². The highest BCUT2D eigenvalue weighted by Crippen LogP contribution is 2.48. The summed E-state index contributed by atoms with van der Waals surface area (Å²) in [7, 11) is 0. The van der Waals surface area contributed by atoms with Gasteiger partial charge >= 0.3 is 12.4 Å². The third-order valence-electron chi connectivity index (χ3n) is 4.80. The molecule has 33 heavy (non-hydrogen) atoms. The van der Waals surface area contributed by atoms with Crippen molar-refractivity contribution in [1.82, 2.24) is 5.48 Å². The Bertz CT molecular complexity index is 1140. The second-order valence-corrected chi connectivity index (χ2v) is 7.99. The molecule has 12 heteroatoms. The fourth-order valence-electron chi connectivity index (χ4n) is 3.00. The Hall–Kier alpha value is -2.69. The van der Waals surface area contributed by atoms with Gasteiger partial charge in [0.2, 0.25) is 5.60 Å². The quantitative estimate of drug-likeness (QED) is 0.355. The average Bonchev–Trinajstić information content (AvgIpc) is 3.14. The molecule has 1 amide bonds. The molecule has 0 aromatic heterocycles. The highest BCUT2D eigenvalue weighted by Gasteiger charge is 2.59. The van der Waals surface area contributed by atoms with Gasteiger partial charge in [0.05, 0.1) is 5.70 Å². The molecule has 0 radical (unpaired) electrons. The lowest BCUT2D eigenvalue weighted by molar-refractivity contribution is -0.269. The number of halogens is 8. The Labute approximate surface area is 193 Å². The third-order valence-corrected chi connectivity index (χ3v) is 5.23. The van der Waals surface area contributed by atoms with Gasteiger partial charge in [-0.3, -0.25) is 15.1 Å². The zero-order valence-electron chi connectivity index (χ0n) is 16.6. The van der Waals surface area contributed by atoms with Crippen molar-refractivity contribution in [1.29, 1.82) is 0 Å². The van der Waals surface area contributed by atoms with Gasteiger partial charge in [-0.25, -0.2) is 0 Å².